The smallest absolute Gasteiger partial charge is 0.330 e. The van der Waals surface area contributed by atoms with E-state index in [0.717, 1.165) is 129 Å². The largest absolute Gasteiger partial charge is 0.331 e. The number of nitrogens with zero attached hydrogens (tertiary/aromatic N) is 2. The normalized spacial score (nSPS) is 13.3. The highest BCUT2D eigenvalue weighted by atomic mass is 35.5. The van der Waals surface area contributed by atoms with E-state index in [1.54, 1.807) is 0 Å². The predicted octanol–water partition coefficient (Wildman–Crippen LogP) is 11.0. The molecule has 12 nitrogen and oxygen atoms in total. The molecule has 0 heterocycles. The average molecular weight is 987 g/mol. The summed E-state index contributed by atoms with van der Waals surface area (Å²) < 4.78 is 51.7. The van der Waals surface area contributed by atoms with Crippen LogP contribution in [-0.4, -0.2) is 114 Å². The standard InChI is InChI=1S/C42H94N6O6P2.4ClH/c1-3-5-7-9-15-19-37-51-55(49,41-35-47(31-23-27-43)32-24-28-44)53-39-21-17-13-11-12-14-18-22-40-54-56(50,52-38-20-16-10-8-6-4-2)42-36-48(33-25-29-45)34-26-30-46;;;;/h3-46H2,1-2H3;4*1H. The Morgan fingerprint density at radius 3 is 0.767 bits per heavy atom. The summed E-state index contributed by atoms with van der Waals surface area (Å²) >= 11 is 0. The fraction of sp³-hybridized carbons (Fsp3) is 1.00. The minimum Gasteiger partial charge on any atom is -0.330 e. The van der Waals surface area contributed by atoms with E-state index in [9.17, 15) is 9.13 Å². The van der Waals surface area contributed by atoms with Gasteiger partial charge in [-0.1, -0.05) is 117 Å². The average Bonchev–Trinajstić information content (AvgIpc) is 3.20. The van der Waals surface area contributed by atoms with Crippen molar-refractivity contribution in [2.24, 2.45) is 22.9 Å². The molecule has 2 atom stereocenters. The van der Waals surface area contributed by atoms with E-state index in [4.69, 9.17) is 41.0 Å². The molecular formula is C42H98Cl4N6O6P2. The second-order valence-electron chi connectivity index (χ2n) is 15.6. The highest BCUT2D eigenvalue weighted by Crippen LogP contribution is 2.49. The van der Waals surface area contributed by atoms with E-state index in [2.05, 4.69) is 23.6 Å². The van der Waals surface area contributed by atoms with E-state index in [1.807, 2.05) is 0 Å². The van der Waals surface area contributed by atoms with E-state index in [0.29, 0.717) is 78.0 Å². The first-order chi connectivity index (χ1) is 27.3. The van der Waals surface area contributed by atoms with Crippen LogP contribution in [0.2, 0.25) is 0 Å². The molecular weight excluding hydrogens is 888 g/mol. The van der Waals surface area contributed by atoms with Crippen LogP contribution in [0.4, 0.5) is 0 Å². The van der Waals surface area contributed by atoms with Crippen LogP contribution in [-0.2, 0) is 27.2 Å². The van der Waals surface area contributed by atoms with Gasteiger partial charge in [-0.3, -0.25) is 9.13 Å². The van der Waals surface area contributed by atoms with Crippen LogP contribution in [0.3, 0.4) is 0 Å². The molecule has 0 bridgehead atoms. The fourth-order valence-corrected chi connectivity index (χ4v) is 9.99. The maximum Gasteiger partial charge on any atom is 0.331 e. The van der Waals surface area contributed by atoms with Crippen LogP contribution in [0.25, 0.3) is 0 Å². The number of nitrogens with two attached hydrogens (primary N) is 4. The quantitative estimate of drug-likeness (QED) is 0.0335. The molecule has 0 aromatic rings. The van der Waals surface area contributed by atoms with Crippen LogP contribution in [0.15, 0.2) is 0 Å². The monoisotopic (exact) mass is 985 g/mol. The predicted molar refractivity (Wildman–Crippen MR) is 269 cm³/mol. The van der Waals surface area contributed by atoms with E-state index in [-0.39, 0.29) is 49.6 Å². The molecule has 8 N–H and O–H groups in total. The molecule has 0 aliphatic rings. The third-order valence-electron chi connectivity index (χ3n) is 10.3. The Balaban J connectivity index is -0.00000252. The molecule has 0 saturated carbocycles. The number of hydrogen-bond acceptors (Lipinski definition) is 12. The Labute approximate surface area is 395 Å². The second-order valence-corrected chi connectivity index (χ2v) is 20.0. The number of unbranched alkanes of at least 4 members (excludes halogenated alkanes) is 17. The first kappa shape index (κ1) is 70.2. The molecule has 0 amide bonds. The first-order valence-electron chi connectivity index (χ1n) is 23.3. The zero-order valence-corrected chi connectivity index (χ0v) is 43.5. The van der Waals surface area contributed by atoms with Crippen LogP contribution >= 0.6 is 64.8 Å². The lowest BCUT2D eigenvalue weighted by molar-refractivity contribution is 0.190. The molecule has 0 aromatic carbocycles. The minimum atomic E-state index is -3.18. The number of hydrogen-bond donors (Lipinski definition) is 4. The molecule has 0 radical (unpaired) electrons. The summed E-state index contributed by atoms with van der Waals surface area (Å²) in [6.45, 7) is 13.8. The van der Waals surface area contributed by atoms with Gasteiger partial charge in [0.25, 0.3) is 0 Å². The van der Waals surface area contributed by atoms with Gasteiger partial charge in [0.15, 0.2) is 0 Å². The Morgan fingerprint density at radius 2 is 0.550 bits per heavy atom. The van der Waals surface area contributed by atoms with Crippen molar-refractivity contribution in [1.29, 1.82) is 0 Å². The SMILES string of the molecule is CCCCCCCCOP(=O)(CCN(CCCN)CCCN)OCCCCCCCCCCOP(=O)(CCN(CCCN)CCCN)OCCCCCCCC.Cl.Cl.Cl.Cl. The molecule has 0 aliphatic heterocycles. The van der Waals surface area contributed by atoms with Gasteiger partial charge >= 0.3 is 15.2 Å². The van der Waals surface area contributed by atoms with Gasteiger partial charge in [-0.2, -0.15) is 0 Å². The summed E-state index contributed by atoms with van der Waals surface area (Å²) in [5.41, 5.74) is 23.1. The topological polar surface area (TPSA) is 182 Å². The summed E-state index contributed by atoms with van der Waals surface area (Å²) in [6.07, 6.45) is 26.8. The second kappa shape index (κ2) is 52.8. The van der Waals surface area contributed by atoms with Crippen molar-refractivity contribution in [2.75, 3.05) is 104 Å². The van der Waals surface area contributed by atoms with Crippen molar-refractivity contribution in [3.05, 3.63) is 0 Å². The van der Waals surface area contributed by atoms with E-state index >= 15 is 0 Å². The van der Waals surface area contributed by atoms with Crippen molar-refractivity contribution in [2.45, 2.75) is 168 Å². The molecule has 0 aromatic heterocycles. The lowest BCUT2D eigenvalue weighted by Crippen LogP contribution is -2.31. The summed E-state index contributed by atoms with van der Waals surface area (Å²) in [6, 6.07) is 0. The molecule has 370 valence electrons. The molecule has 18 heteroatoms. The van der Waals surface area contributed by atoms with Gasteiger partial charge in [0.1, 0.15) is 0 Å². The molecule has 0 aliphatic carbocycles. The molecule has 0 fully saturated rings. The highest BCUT2D eigenvalue weighted by Gasteiger charge is 2.27. The number of rotatable bonds is 47. The summed E-state index contributed by atoms with van der Waals surface area (Å²) in [4.78, 5) is 4.59. The summed E-state index contributed by atoms with van der Waals surface area (Å²) in [7, 11) is -6.36. The van der Waals surface area contributed by atoms with Crippen molar-refractivity contribution >= 4 is 64.8 Å². The third kappa shape index (κ3) is 45.8. The molecule has 60 heavy (non-hydrogen) atoms. The van der Waals surface area contributed by atoms with E-state index in [1.165, 1.54) is 51.4 Å². The Morgan fingerprint density at radius 1 is 0.333 bits per heavy atom. The zero-order chi connectivity index (χ0) is 41.3. The Hall–Kier alpha value is 1.22. The lowest BCUT2D eigenvalue weighted by atomic mass is 10.1. The zero-order valence-electron chi connectivity index (χ0n) is 38.5. The molecule has 0 rings (SSSR count). The van der Waals surface area contributed by atoms with Gasteiger partial charge in [-0.05, 0) is 104 Å². The van der Waals surface area contributed by atoms with Gasteiger partial charge in [0, 0.05) is 13.1 Å². The van der Waals surface area contributed by atoms with Crippen LogP contribution in [0, 0.1) is 0 Å². The van der Waals surface area contributed by atoms with Gasteiger partial charge in [-0.15, -0.1) is 49.6 Å². The van der Waals surface area contributed by atoms with Crippen molar-refractivity contribution in [1.82, 2.24) is 9.80 Å². The van der Waals surface area contributed by atoms with Gasteiger partial charge in [0.05, 0.1) is 38.8 Å². The third-order valence-corrected chi connectivity index (χ3v) is 14.1. The Kier molecular flexibility index (Phi) is 61.9. The van der Waals surface area contributed by atoms with Gasteiger partial charge in [-0.25, -0.2) is 0 Å². The molecule has 2 unspecified atom stereocenters. The minimum absolute atomic E-state index is 0. The van der Waals surface area contributed by atoms with Gasteiger partial charge in [0.2, 0.25) is 0 Å². The Bertz CT molecular complexity index is 847. The van der Waals surface area contributed by atoms with Crippen molar-refractivity contribution in [3.8, 4) is 0 Å². The molecule has 0 spiro atoms. The van der Waals surface area contributed by atoms with Gasteiger partial charge < -0.3 is 50.8 Å². The maximum absolute atomic E-state index is 13.8. The van der Waals surface area contributed by atoms with Crippen molar-refractivity contribution < 1.29 is 27.2 Å². The fourth-order valence-electron chi connectivity index (χ4n) is 6.64. The summed E-state index contributed by atoms with van der Waals surface area (Å²) in [5, 5.41) is 0. The summed E-state index contributed by atoms with van der Waals surface area (Å²) in [5.74, 6) is 0. The maximum atomic E-state index is 13.8. The number of halogens is 4. The van der Waals surface area contributed by atoms with Crippen LogP contribution in [0.5, 0.6) is 0 Å². The van der Waals surface area contributed by atoms with Crippen molar-refractivity contribution in [3.63, 3.8) is 0 Å². The van der Waals surface area contributed by atoms with Crippen LogP contribution < -0.4 is 22.9 Å². The van der Waals surface area contributed by atoms with E-state index < -0.39 is 15.2 Å². The highest BCUT2D eigenvalue weighted by molar-refractivity contribution is 7.54. The lowest BCUT2D eigenvalue weighted by Gasteiger charge is -2.25. The first-order valence-corrected chi connectivity index (χ1v) is 26.8. The molecule has 0 saturated heterocycles. The van der Waals surface area contributed by atoms with Crippen LogP contribution in [0.1, 0.15) is 168 Å².